The molecule has 0 aliphatic rings. The molecule has 0 N–H and O–H groups in total. The van der Waals surface area contributed by atoms with Crippen molar-refractivity contribution in [2.45, 2.75) is 0 Å². The number of hydrogen-bond donors (Lipinski definition) is 0. The third-order valence-electron chi connectivity index (χ3n) is 9.25. The van der Waals surface area contributed by atoms with Gasteiger partial charge in [-0.15, -0.1) is 11.3 Å². The van der Waals surface area contributed by atoms with Gasteiger partial charge in [-0.2, -0.15) is 0 Å². The van der Waals surface area contributed by atoms with Crippen molar-refractivity contribution in [3.8, 4) is 38.9 Å². The van der Waals surface area contributed by atoms with Gasteiger partial charge < -0.3 is 0 Å². The average Bonchev–Trinajstić information content (AvgIpc) is 3.72. The summed E-state index contributed by atoms with van der Waals surface area (Å²) in [5, 5.41) is 6.86. The molecule has 48 heavy (non-hydrogen) atoms. The molecule has 0 unspecified atom stereocenters. The van der Waals surface area contributed by atoms with Gasteiger partial charge in [0.25, 0.3) is 0 Å². The van der Waals surface area contributed by atoms with Crippen molar-refractivity contribution in [2.24, 2.45) is 0 Å². The summed E-state index contributed by atoms with van der Waals surface area (Å²) in [6.45, 7) is 0. The van der Waals surface area contributed by atoms with E-state index in [4.69, 9.17) is 15.0 Å². The first kappa shape index (κ1) is 27.0. The van der Waals surface area contributed by atoms with Crippen molar-refractivity contribution in [2.75, 3.05) is 0 Å². The van der Waals surface area contributed by atoms with Crippen LogP contribution < -0.4 is 0 Å². The zero-order valence-electron chi connectivity index (χ0n) is 25.7. The minimum Gasteiger partial charge on any atom is -0.278 e. The van der Waals surface area contributed by atoms with Crippen molar-refractivity contribution in [3.63, 3.8) is 0 Å². The standard InChI is InChI=1S/C43H26N4S/c1-2-12-30(13-3-1)42-44-37-26-39-35(25-40(37)48-42)33-16-7-9-20-38(33)47(39)43-45-36-19-8-6-17-34(36)41(46-43)29-23-21-28(22-24-29)32-18-10-14-27-11-4-5-15-31(27)32/h1-26H. The molecular formula is C43H26N4S. The Morgan fingerprint density at radius 1 is 0.438 bits per heavy atom. The smallest absolute Gasteiger partial charge is 0.235 e. The molecular weight excluding hydrogens is 605 g/mol. The summed E-state index contributed by atoms with van der Waals surface area (Å²) in [7, 11) is 0. The van der Waals surface area contributed by atoms with E-state index in [1.807, 2.05) is 12.1 Å². The van der Waals surface area contributed by atoms with Crippen LogP contribution in [0.25, 0.3) is 92.6 Å². The summed E-state index contributed by atoms with van der Waals surface area (Å²) < 4.78 is 3.36. The number of thiazole rings is 1. The molecule has 3 aromatic heterocycles. The highest BCUT2D eigenvalue weighted by atomic mass is 32.1. The molecule has 0 fully saturated rings. The number of benzene rings is 7. The average molecular weight is 631 g/mol. The first-order valence-corrected chi connectivity index (χ1v) is 16.9. The minimum atomic E-state index is 0.644. The lowest BCUT2D eigenvalue weighted by Crippen LogP contribution is -2.03. The second-order valence-corrected chi connectivity index (χ2v) is 13.1. The molecule has 10 aromatic rings. The van der Waals surface area contributed by atoms with Gasteiger partial charge in [0.1, 0.15) is 5.01 Å². The molecule has 7 aromatic carbocycles. The number of aromatic nitrogens is 4. The number of nitrogens with zero attached hydrogens (tertiary/aromatic N) is 4. The predicted octanol–water partition coefficient (Wildman–Crippen LogP) is 11.5. The van der Waals surface area contributed by atoms with Gasteiger partial charge in [0.05, 0.1) is 32.5 Å². The van der Waals surface area contributed by atoms with E-state index < -0.39 is 0 Å². The lowest BCUT2D eigenvalue weighted by atomic mass is 9.96. The van der Waals surface area contributed by atoms with Crippen molar-refractivity contribution < 1.29 is 0 Å². The fourth-order valence-corrected chi connectivity index (χ4v) is 7.97. The third kappa shape index (κ3) is 4.25. The fraction of sp³-hybridized carbons (Fsp3) is 0. The van der Waals surface area contributed by atoms with Crippen LogP contribution in [-0.2, 0) is 0 Å². The maximum Gasteiger partial charge on any atom is 0.235 e. The molecule has 0 amide bonds. The van der Waals surface area contributed by atoms with Crippen molar-refractivity contribution >= 4 is 65.0 Å². The molecule has 0 atom stereocenters. The molecule has 0 saturated heterocycles. The quantitative estimate of drug-likeness (QED) is 0.194. The Labute approximate surface area is 280 Å². The number of fused-ring (bicyclic) bond motifs is 6. The van der Waals surface area contributed by atoms with Crippen LogP contribution in [0.5, 0.6) is 0 Å². The summed E-state index contributed by atoms with van der Waals surface area (Å²) in [6, 6.07) is 55.5. The van der Waals surface area contributed by atoms with Crippen LogP contribution in [0.2, 0.25) is 0 Å². The fourth-order valence-electron chi connectivity index (χ4n) is 6.98. The Hall–Kier alpha value is -6.17. The number of rotatable bonds is 4. The Morgan fingerprint density at radius 3 is 2.02 bits per heavy atom. The summed E-state index contributed by atoms with van der Waals surface area (Å²) in [5.74, 6) is 0.644. The van der Waals surface area contributed by atoms with Gasteiger partial charge >= 0.3 is 0 Å². The van der Waals surface area contributed by atoms with Crippen molar-refractivity contribution in [1.29, 1.82) is 0 Å². The molecule has 224 valence electrons. The molecule has 0 spiro atoms. The van der Waals surface area contributed by atoms with Crippen LogP contribution in [0.15, 0.2) is 158 Å². The van der Waals surface area contributed by atoms with E-state index in [0.29, 0.717) is 5.95 Å². The van der Waals surface area contributed by atoms with Gasteiger partial charge in [0.2, 0.25) is 5.95 Å². The first-order chi connectivity index (χ1) is 23.8. The van der Waals surface area contributed by atoms with E-state index in [1.165, 1.54) is 32.7 Å². The maximum absolute atomic E-state index is 5.33. The van der Waals surface area contributed by atoms with Crippen LogP contribution in [-0.4, -0.2) is 19.5 Å². The zero-order valence-corrected chi connectivity index (χ0v) is 26.5. The second kappa shape index (κ2) is 10.7. The van der Waals surface area contributed by atoms with Gasteiger partial charge in [-0.25, -0.2) is 15.0 Å². The van der Waals surface area contributed by atoms with E-state index in [2.05, 4.69) is 150 Å². The van der Waals surface area contributed by atoms with Crippen LogP contribution in [0.4, 0.5) is 0 Å². The first-order valence-electron chi connectivity index (χ1n) is 16.0. The van der Waals surface area contributed by atoms with Gasteiger partial charge in [-0.3, -0.25) is 4.57 Å². The van der Waals surface area contributed by atoms with E-state index in [-0.39, 0.29) is 0 Å². The van der Waals surface area contributed by atoms with E-state index in [0.717, 1.165) is 54.0 Å². The molecule has 0 aliphatic carbocycles. The Morgan fingerprint density at radius 2 is 1.15 bits per heavy atom. The Bertz CT molecular complexity index is 2830. The van der Waals surface area contributed by atoms with Crippen molar-refractivity contribution in [3.05, 3.63) is 158 Å². The van der Waals surface area contributed by atoms with Gasteiger partial charge in [0, 0.05) is 27.3 Å². The maximum atomic E-state index is 5.33. The molecule has 10 rings (SSSR count). The molecule has 3 heterocycles. The summed E-state index contributed by atoms with van der Waals surface area (Å²) in [4.78, 5) is 15.6. The zero-order chi connectivity index (χ0) is 31.6. The normalized spacial score (nSPS) is 11.8. The van der Waals surface area contributed by atoms with E-state index in [1.54, 1.807) is 11.3 Å². The molecule has 5 heteroatoms. The van der Waals surface area contributed by atoms with Crippen LogP contribution in [0, 0.1) is 0 Å². The highest BCUT2D eigenvalue weighted by Gasteiger charge is 2.19. The van der Waals surface area contributed by atoms with E-state index in [9.17, 15) is 0 Å². The summed E-state index contributed by atoms with van der Waals surface area (Å²) in [5.41, 5.74) is 9.48. The monoisotopic (exact) mass is 630 g/mol. The number of hydrogen-bond acceptors (Lipinski definition) is 4. The number of para-hydroxylation sites is 2. The van der Waals surface area contributed by atoms with Crippen molar-refractivity contribution in [1.82, 2.24) is 19.5 Å². The molecule has 0 bridgehead atoms. The molecule has 0 saturated carbocycles. The molecule has 0 aliphatic heterocycles. The largest absolute Gasteiger partial charge is 0.278 e. The Kier molecular flexibility index (Phi) is 6.01. The summed E-state index contributed by atoms with van der Waals surface area (Å²) in [6.07, 6.45) is 0. The van der Waals surface area contributed by atoms with Crippen LogP contribution in [0.3, 0.4) is 0 Å². The molecule has 0 radical (unpaired) electrons. The van der Waals surface area contributed by atoms with Gasteiger partial charge in [-0.1, -0.05) is 133 Å². The highest BCUT2D eigenvalue weighted by Crippen LogP contribution is 2.39. The van der Waals surface area contributed by atoms with Crippen LogP contribution >= 0.6 is 11.3 Å². The van der Waals surface area contributed by atoms with Gasteiger partial charge in [-0.05, 0) is 46.2 Å². The van der Waals surface area contributed by atoms with E-state index >= 15 is 0 Å². The lowest BCUT2D eigenvalue weighted by molar-refractivity contribution is 1.01. The highest BCUT2D eigenvalue weighted by molar-refractivity contribution is 7.21. The van der Waals surface area contributed by atoms with Crippen LogP contribution in [0.1, 0.15) is 0 Å². The Balaban J connectivity index is 1.17. The topological polar surface area (TPSA) is 43.6 Å². The SMILES string of the molecule is c1ccc(-c2nc3cc4c(cc3s2)c2ccccc2n4-c2nc(-c3ccc(-c4cccc5ccccc45)cc3)c3ccccc3n2)cc1. The minimum absolute atomic E-state index is 0.644. The summed E-state index contributed by atoms with van der Waals surface area (Å²) >= 11 is 1.73. The predicted molar refractivity (Wildman–Crippen MR) is 201 cm³/mol. The lowest BCUT2D eigenvalue weighted by Gasteiger charge is -2.12. The van der Waals surface area contributed by atoms with Gasteiger partial charge in [0.15, 0.2) is 0 Å². The second-order valence-electron chi connectivity index (χ2n) is 12.1. The molecule has 4 nitrogen and oxygen atoms in total. The third-order valence-corrected chi connectivity index (χ3v) is 10.3.